The number of thiocarbonyl (C=S) groups is 1. The Morgan fingerprint density at radius 3 is 2.15 bits per heavy atom. The summed E-state index contributed by atoms with van der Waals surface area (Å²) in [6.07, 6.45) is 0. The van der Waals surface area contributed by atoms with Gasteiger partial charge in [0.15, 0.2) is 5.11 Å². The third kappa shape index (κ3) is 7.82. The number of nitrogens with zero attached hydrogens (tertiary/aromatic N) is 1. The number of anilines is 1. The van der Waals surface area contributed by atoms with Gasteiger partial charge in [-0.15, -0.1) is 0 Å². The number of hydrogen-bond acceptors (Lipinski definition) is 3. The maximum absolute atomic E-state index is 12.3. The molecular weight excluding hydrogens is 384 g/mol. The molecule has 27 heavy (non-hydrogen) atoms. The molecule has 146 valence electrons. The molecule has 0 aliphatic rings. The number of halogens is 2. The molecule has 0 radical (unpaired) electrons. The molecule has 2 rings (SSSR count). The molecule has 0 fully saturated rings. The Bertz CT molecular complexity index is 702. The normalized spacial score (nSPS) is 11.0. The summed E-state index contributed by atoms with van der Waals surface area (Å²) >= 11 is 5.83. The maximum Gasteiger partial charge on any atom is 0.288 e. The fourth-order valence-electron chi connectivity index (χ4n) is 2.55. The second-order valence-corrected chi connectivity index (χ2v) is 7.46. The van der Waals surface area contributed by atoms with Crippen molar-refractivity contribution >= 4 is 34.8 Å². The lowest BCUT2D eigenvalue weighted by Crippen LogP contribution is -2.27. The number of rotatable bonds is 9. The molecule has 3 nitrogen and oxygen atoms in total. The van der Waals surface area contributed by atoms with Gasteiger partial charge in [-0.3, -0.25) is 4.90 Å². The second-order valence-electron chi connectivity index (χ2n) is 5.99. The topological polar surface area (TPSA) is 27.3 Å². The summed E-state index contributed by atoms with van der Waals surface area (Å²) in [6, 6.07) is 15.3. The first-order valence-corrected chi connectivity index (χ1v) is 10.2. The lowest BCUT2D eigenvalue weighted by atomic mass is 10.1. The van der Waals surface area contributed by atoms with Crippen LogP contribution in [0.3, 0.4) is 0 Å². The van der Waals surface area contributed by atoms with Crippen LogP contribution < -0.4 is 10.6 Å². The molecule has 2 aromatic carbocycles. The van der Waals surface area contributed by atoms with Gasteiger partial charge in [-0.1, -0.05) is 49.9 Å². The first-order chi connectivity index (χ1) is 13.0. The molecule has 0 unspecified atom stereocenters. The molecule has 0 spiro atoms. The van der Waals surface area contributed by atoms with Gasteiger partial charge in [0.05, 0.1) is 0 Å². The largest absolute Gasteiger partial charge is 0.358 e. The van der Waals surface area contributed by atoms with Crippen molar-refractivity contribution in [1.82, 2.24) is 10.2 Å². The Morgan fingerprint density at radius 1 is 1.00 bits per heavy atom. The third-order valence-electron chi connectivity index (χ3n) is 4.11. The Hall–Kier alpha value is -1.70. The van der Waals surface area contributed by atoms with E-state index in [4.69, 9.17) is 12.2 Å². The van der Waals surface area contributed by atoms with Gasteiger partial charge in [0.1, 0.15) is 0 Å². The highest BCUT2D eigenvalue weighted by molar-refractivity contribution is 7.99. The van der Waals surface area contributed by atoms with Crippen molar-refractivity contribution in [3.8, 4) is 0 Å². The fraction of sp³-hybridized carbons (Fsp3) is 0.350. The van der Waals surface area contributed by atoms with Crippen LogP contribution >= 0.6 is 24.0 Å². The molecular formula is C20H25F2N3S2. The zero-order valence-electron chi connectivity index (χ0n) is 15.5. The molecule has 0 amide bonds. The molecule has 0 saturated carbocycles. The van der Waals surface area contributed by atoms with Crippen LogP contribution in [-0.4, -0.2) is 28.9 Å². The van der Waals surface area contributed by atoms with E-state index in [2.05, 4.69) is 53.6 Å². The summed E-state index contributed by atoms with van der Waals surface area (Å²) in [4.78, 5) is 2.90. The van der Waals surface area contributed by atoms with Crippen LogP contribution in [0.15, 0.2) is 53.4 Å². The Balaban J connectivity index is 1.79. The Kier molecular flexibility index (Phi) is 8.97. The SMILES string of the molecule is CCN(CC)Cc1ccc(CNC(=S)Nc2ccc(SC(F)F)cc2)cc1. The zero-order valence-corrected chi connectivity index (χ0v) is 17.2. The van der Waals surface area contributed by atoms with Crippen molar-refractivity contribution < 1.29 is 8.78 Å². The van der Waals surface area contributed by atoms with Crippen molar-refractivity contribution in [3.05, 3.63) is 59.7 Å². The molecule has 0 aromatic heterocycles. The molecule has 7 heteroatoms. The van der Waals surface area contributed by atoms with Gasteiger partial charge in [-0.2, -0.15) is 8.78 Å². The molecule has 0 aliphatic heterocycles. The highest BCUT2D eigenvalue weighted by Crippen LogP contribution is 2.26. The number of nitrogens with one attached hydrogen (secondary N) is 2. The lowest BCUT2D eigenvalue weighted by Gasteiger charge is -2.18. The highest BCUT2D eigenvalue weighted by atomic mass is 32.2. The van der Waals surface area contributed by atoms with Crippen molar-refractivity contribution in [1.29, 1.82) is 0 Å². The standard InChI is InChI=1S/C20H25F2N3S2/c1-3-25(4-2)14-16-7-5-15(6-8-16)13-23-20(26)24-17-9-11-18(12-10-17)27-19(21)22/h5-12,19H,3-4,13-14H2,1-2H3,(H2,23,24,26). The van der Waals surface area contributed by atoms with E-state index in [1.165, 1.54) is 5.56 Å². The number of alkyl halides is 2. The summed E-state index contributed by atoms with van der Waals surface area (Å²) < 4.78 is 24.7. The second kappa shape index (κ2) is 11.2. The van der Waals surface area contributed by atoms with E-state index < -0.39 is 5.76 Å². The van der Waals surface area contributed by atoms with Crippen LogP contribution in [0.25, 0.3) is 0 Å². The highest BCUT2D eigenvalue weighted by Gasteiger charge is 2.05. The maximum atomic E-state index is 12.3. The van der Waals surface area contributed by atoms with Crippen LogP contribution in [0.5, 0.6) is 0 Å². The number of thioether (sulfide) groups is 1. The van der Waals surface area contributed by atoms with Gasteiger partial charge in [0.2, 0.25) is 0 Å². The van der Waals surface area contributed by atoms with E-state index in [0.29, 0.717) is 28.3 Å². The first-order valence-electron chi connectivity index (χ1n) is 8.90. The van der Waals surface area contributed by atoms with E-state index in [-0.39, 0.29) is 0 Å². The van der Waals surface area contributed by atoms with Crippen LogP contribution in [0.4, 0.5) is 14.5 Å². The predicted octanol–water partition coefficient (Wildman–Crippen LogP) is 5.33. The smallest absolute Gasteiger partial charge is 0.288 e. The third-order valence-corrected chi connectivity index (χ3v) is 5.08. The number of benzene rings is 2. The molecule has 0 saturated heterocycles. The van der Waals surface area contributed by atoms with Gasteiger partial charge in [0, 0.05) is 23.7 Å². The predicted molar refractivity (Wildman–Crippen MR) is 114 cm³/mol. The average molecular weight is 410 g/mol. The van der Waals surface area contributed by atoms with Crippen LogP contribution in [0, 0.1) is 0 Å². The molecule has 0 heterocycles. The monoisotopic (exact) mass is 409 g/mol. The zero-order chi connectivity index (χ0) is 19.6. The minimum Gasteiger partial charge on any atom is -0.358 e. The van der Waals surface area contributed by atoms with Crippen LogP contribution in [-0.2, 0) is 13.1 Å². The quantitative estimate of drug-likeness (QED) is 0.431. The molecule has 0 aliphatic carbocycles. The summed E-state index contributed by atoms with van der Waals surface area (Å²) in [7, 11) is 0. The van der Waals surface area contributed by atoms with E-state index in [0.717, 1.165) is 30.9 Å². The minimum absolute atomic E-state index is 0.497. The molecule has 2 N–H and O–H groups in total. The number of hydrogen-bond donors (Lipinski definition) is 2. The van der Waals surface area contributed by atoms with Gasteiger partial charge in [-0.25, -0.2) is 0 Å². The first kappa shape index (κ1) is 21.6. The van der Waals surface area contributed by atoms with E-state index >= 15 is 0 Å². The summed E-state index contributed by atoms with van der Waals surface area (Å²) in [5.74, 6) is -2.41. The lowest BCUT2D eigenvalue weighted by molar-refractivity contribution is 0.252. The van der Waals surface area contributed by atoms with Crippen molar-refractivity contribution in [2.45, 2.75) is 37.6 Å². The summed E-state index contributed by atoms with van der Waals surface area (Å²) in [6.45, 7) is 8.00. The van der Waals surface area contributed by atoms with Crippen LogP contribution in [0.2, 0.25) is 0 Å². The summed E-state index contributed by atoms with van der Waals surface area (Å²) in [5.41, 5.74) is 3.21. The fourth-order valence-corrected chi connectivity index (χ4v) is 3.23. The van der Waals surface area contributed by atoms with Crippen molar-refractivity contribution in [2.75, 3.05) is 18.4 Å². The van der Waals surface area contributed by atoms with Gasteiger partial charge in [0.25, 0.3) is 5.76 Å². The van der Waals surface area contributed by atoms with E-state index in [1.54, 1.807) is 24.3 Å². The van der Waals surface area contributed by atoms with E-state index in [1.807, 2.05) is 0 Å². The van der Waals surface area contributed by atoms with Gasteiger partial charge < -0.3 is 10.6 Å². The van der Waals surface area contributed by atoms with Crippen molar-refractivity contribution in [2.24, 2.45) is 0 Å². The molecule has 2 aromatic rings. The van der Waals surface area contributed by atoms with Gasteiger partial charge in [-0.05, 0) is 60.7 Å². The molecule has 0 atom stereocenters. The van der Waals surface area contributed by atoms with Crippen LogP contribution in [0.1, 0.15) is 25.0 Å². The van der Waals surface area contributed by atoms with Gasteiger partial charge >= 0.3 is 0 Å². The Labute approximate surface area is 169 Å². The minimum atomic E-state index is -2.41. The average Bonchev–Trinajstić information content (AvgIpc) is 2.66. The Morgan fingerprint density at radius 2 is 1.59 bits per heavy atom. The van der Waals surface area contributed by atoms with Crippen molar-refractivity contribution in [3.63, 3.8) is 0 Å². The summed E-state index contributed by atoms with van der Waals surface area (Å²) in [5, 5.41) is 6.72. The van der Waals surface area contributed by atoms with E-state index in [9.17, 15) is 8.78 Å². The molecule has 0 bridgehead atoms.